The van der Waals surface area contributed by atoms with Gasteiger partial charge in [0.05, 0.1) is 23.1 Å². The van der Waals surface area contributed by atoms with Crippen LogP contribution in [0.4, 0.5) is 11.8 Å². The van der Waals surface area contributed by atoms with E-state index in [0.717, 1.165) is 36.2 Å². The highest BCUT2D eigenvalue weighted by molar-refractivity contribution is 5.93. The van der Waals surface area contributed by atoms with Gasteiger partial charge in [0.15, 0.2) is 0 Å². The highest BCUT2D eigenvalue weighted by atomic mass is 16.2. The first-order chi connectivity index (χ1) is 11.8. The van der Waals surface area contributed by atoms with Gasteiger partial charge in [-0.3, -0.25) is 15.1 Å². The molecule has 7 heteroatoms. The van der Waals surface area contributed by atoms with Crippen LogP contribution in [0.5, 0.6) is 0 Å². The Morgan fingerprint density at radius 1 is 1.29 bits per heavy atom. The monoisotopic (exact) mass is 322 g/mol. The van der Waals surface area contributed by atoms with Gasteiger partial charge >= 0.3 is 0 Å². The van der Waals surface area contributed by atoms with E-state index in [-0.39, 0.29) is 11.8 Å². The fourth-order valence-electron chi connectivity index (χ4n) is 3.08. The topological polar surface area (TPSA) is 86.8 Å². The maximum atomic E-state index is 12.6. The third-order valence-corrected chi connectivity index (χ3v) is 4.30. The predicted molar refractivity (Wildman–Crippen MR) is 91.7 cm³/mol. The number of anilines is 2. The standard InChI is InChI=1S/C17H18N6O/c24-16(22-17-20-13-5-1-2-6-14(13)21-17)12-4-3-9-23(11-12)15-10-18-7-8-19-15/h1-2,5-8,10,12H,3-4,9,11H2,(H2,20,21,22,24). The van der Waals surface area contributed by atoms with Crippen LogP contribution in [0.25, 0.3) is 11.0 Å². The molecule has 3 heterocycles. The number of amides is 1. The lowest BCUT2D eigenvalue weighted by atomic mass is 9.97. The number of imidazole rings is 1. The third kappa shape index (κ3) is 2.92. The van der Waals surface area contributed by atoms with Crippen molar-refractivity contribution in [1.29, 1.82) is 0 Å². The molecule has 1 unspecified atom stereocenters. The number of benzene rings is 1. The first kappa shape index (κ1) is 14.6. The van der Waals surface area contributed by atoms with Gasteiger partial charge in [-0.1, -0.05) is 12.1 Å². The molecule has 1 atom stereocenters. The van der Waals surface area contributed by atoms with Gasteiger partial charge in [-0.2, -0.15) is 0 Å². The Bertz CT molecular complexity index is 813. The number of nitrogens with one attached hydrogen (secondary N) is 2. The van der Waals surface area contributed by atoms with Crippen LogP contribution in [0.1, 0.15) is 12.8 Å². The molecular formula is C17H18N6O. The van der Waals surface area contributed by atoms with E-state index < -0.39 is 0 Å². The molecule has 1 saturated heterocycles. The summed E-state index contributed by atoms with van der Waals surface area (Å²) < 4.78 is 0. The van der Waals surface area contributed by atoms with Gasteiger partial charge in [-0.15, -0.1) is 0 Å². The summed E-state index contributed by atoms with van der Waals surface area (Å²) in [5, 5.41) is 2.90. The fraction of sp³-hybridized carbons (Fsp3) is 0.294. The molecular weight excluding hydrogens is 304 g/mol. The van der Waals surface area contributed by atoms with Crippen molar-refractivity contribution in [3.63, 3.8) is 0 Å². The van der Waals surface area contributed by atoms with Crippen molar-refractivity contribution in [1.82, 2.24) is 19.9 Å². The largest absolute Gasteiger partial charge is 0.355 e. The molecule has 2 aromatic heterocycles. The molecule has 0 bridgehead atoms. The number of aromatic amines is 1. The SMILES string of the molecule is O=C(Nc1nc2ccccc2[nH]1)C1CCCN(c2cnccn2)C1. The maximum Gasteiger partial charge on any atom is 0.231 e. The van der Waals surface area contributed by atoms with Crippen LogP contribution in [0.3, 0.4) is 0 Å². The number of hydrogen-bond acceptors (Lipinski definition) is 5. The van der Waals surface area contributed by atoms with Crippen molar-refractivity contribution in [3.8, 4) is 0 Å². The average molecular weight is 322 g/mol. The third-order valence-electron chi connectivity index (χ3n) is 4.30. The average Bonchev–Trinajstić information content (AvgIpc) is 3.05. The summed E-state index contributed by atoms with van der Waals surface area (Å²) in [5.74, 6) is 1.22. The highest BCUT2D eigenvalue weighted by Crippen LogP contribution is 2.22. The van der Waals surface area contributed by atoms with Gasteiger partial charge < -0.3 is 9.88 Å². The van der Waals surface area contributed by atoms with Crippen LogP contribution >= 0.6 is 0 Å². The zero-order chi connectivity index (χ0) is 16.4. The van der Waals surface area contributed by atoms with Crippen LogP contribution in [0.2, 0.25) is 0 Å². The van der Waals surface area contributed by atoms with E-state index in [4.69, 9.17) is 0 Å². The van der Waals surface area contributed by atoms with Gasteiger partial charge in [-0.05, 0) is 25.0 Å². The van der Waals surface area contributed by atoms with Crippen LogP contribution in [0.15, 0.2) is 42.9 Å². The first-order valence-electron chi connectivity index (χ1n) is 8.06. The summed E-state index contributed by atoms with van der Waals surface area (Å²) in [6.45, 7) is 1.54. The van der Waals surface area contributed by atoms with Gasteiger partial charge in [0.1, 0.15) is 5.82 Å². The van der Waals surface area contributed by atoms with E-state index in [1.54, 1.807) is 18.6 Å². The number of aromatic nitrogens is 4. The van der Waals surface area contributed by atoms with Crippen molar-refractivity contribution in [3.05, 3.63) is 42.9 Å². The Morgan fingerprint density at radius 3 is 3.04 bits per heavy atom. The minimum atomic E-state index is -0.0889. The lowest BCUT2D eigenvalue weighted by Gasteiger charge is -2.32. The second kappa shape index (κ2) is 6.27. The van der Waals surface area contributed by atoms with Crippen LogP contribution in [-0.4, -0.2) is 38.9 Å². The Balaban J connectivity index is 1.45. The molecule has 2 N–H and O–H groups in total. The Morgan fingerprint density at radius 2 is 2.21 bits per heavy atom. The maximum absolute atomic E-state index is 12.6. The van der Waals surface area contributed by atoms with Crippen molar-refractivity contribution in [2.45, 2.75) is 12.8 Å². The quantitative estimate of drug-likeness (QED) is 0.772. The molecule has 1 amide bonds. The minimum Gasteiger partial charge on any atom is -0.355 e. The number of H-pyrrole nitrogens is 1. The van der Waals surface area contributed by atoms with Crippen LogP contribution in [0, 0.1) is 5.92 Å². The summed E-state index contributed by atoms with van der Waals surface area (Å²) in [5.41, 5.74) is 1.76. The Hall–Kier alpha value is -2.96. The number of carbonyl (C=O) groups is 1. The Kier molecular flexibility index (Phi) is 3.82. The number of rotatable bonds is 3. The van der Waals surface area contributed by atoms with E-state index in [1.165, 1.54) is 0 Å². The number of fused-ring (bicyclic) bond motifs is 1. The molecule has 1 aliphatic rings. The number of hydrogen-bond donors (Lipinski definition) is 2. The molecule has 0 aliphatic carbocycles. The molecule has 4 rings (SSSR count). The normalized spacial score (nSPS) is 17.8. The van der Waals surface area contributed by atoms with E-state index >= 15 is 0 Å². The summed E-state index contributed by atoms with van der Waals surface area (Å²) in [6, 6.07) is 7.72. The molecule has 3 aromatic rings. The zero-order valence-electron chi connectivity index (χ0n) is 13.1. The molecule has 0 saturated carbocycles. The van der Waals surface area contributed by atoms with Crippen molar-refractivity contribution in [2.75, 3.05) is 23.3 Å². The van der Waals surface area contributed by atoms with Gasteiger partial charge in [0, 0.05) is 25.5 Å². The van der Waals surface area contributed by atoms with Crippen molar-refractivity contribution in [2.24, 2.45) is 5.92 Å². The zero-order valence-corrected chi connectivity index (χ0v) is 13.1. The molecule has 0 spiro atoms. The molecule has 1 aliphatic heterocycles. The molecule has 1 fully saturated rings. The first-order valence-corrected chi connectivity index (χ1v) is 8.06. The smallest absolute Gasteiger partial charge is 0.231 e. The number of carbonyl (C=O) groups excluding carboxylic acids is 1. The van der Waals surface area contributed by atoms with E-state index in [1.807, 2.05) is 24.3 Å². The minimum absolute atomic E-state index is 0.0114. The number of para-hydroxylation sites is 2. The predicted octanol–water partition coefficient (Wildman–Crippen LogP) is 2.21. The molecule has 7 nitrogen and oxygen atoms in total. The van der Waals surface area contributed by atoms with Crippen molar-refractivity contribution < 1.29 is 4.79 Å². The van der Waals surface area contributed by atoms with E-state index in [9.17, 15) is 4.79 Å². The van der Waals surface area contributed by atoms with Gasteiger partial charge in [0.2, 0.25) is 11.9 Å². The second-order valence-electron chi connectivity index (χ2n) is 5.94. The van der Waals surface area contributed by atoms with E-state index in [2.05, 4.69) is 30.2 Å². The van der Waals surface area contributed by atoms with Gasteiger partial charge in [-0.25, -0.2) is 9.97 Å². The molecule has 24 heavy (non-hydrogen) atoms. The van der Waals surface area contributed by atoms with E-state index in [0.29, 0.717) is 12.5 Å². The number of nitrogens with zero attached hydrogens (tertiary/aromatic N) is 4. The van der Waals surface area contributed by atoms with Gasteiger partial charge in [0.25, 0.3) is 0 Å². The molecule has 122 valence electrons. The summed E-state index contributed by atoms with van der Waals surface area (Å²) in [4.78, 5) is 30.7. The molecule has 0 radical (unpaired) electrons. The van der Waals surface area contributed by atoms with Crippen LogP contribution < -0.4 is 10.2 Å². The van der Waals surface area contributed by atoms with Crippen molar-refractivity contribution >= 4 is 28.7 Å². The summed E-state index contributed by atoms with van der Waals surface area (Å²) in [7, 11) is 0. The number of piperidine rings is 1. The fourth-order valence-corrected chi connectivity index (χ4v) is 3.08. The Labute approximate surface area is 139 Å². The lowest BCUT2D eigenvalue weighted by Crippen LogP contribution is -2.41. The lowest BCUT2D eigenvalue weighted by molar-refractivity contribution is -0.120. The molecule has 1 aromatic carbocycles. The second-order valence-corrected chi connectivity index (χ2v) is 5.94. The van der Waals surface area contributed by atoms with Crippen LogP contribution in [-0.2, 0) is 4.79 Å². The highest BCUT2D eigenvalue weighted by Gasteiger charge is 2.27. The summed E-state index contributed by atoms with van der Waals surface area (Å²) in [6.07, 6.45) is 6.88. The summed E-state index contributed by atoms with van der Waals surface area (Å²) >= 11 is 0.